The third-order valence-electron chi connectivity index (χ3n) is 2.93. The van der Waals surface area contributed by atoms with Gasteiger partial charge in [0.15, 0.2) is 0 Å². The molecule has 0 saturated heterocycles. The van der Waals surface area contributed by atoms with Gasteiger partial charge in [0, 0.05) is 35.9 Å². The molecule has 21 heavy (non-hydrogen) atoms. The van der Waals surface area contributed by atoms with Crippen molar-refractivity contribution >= 4 is 5.91 Å². The second kappa shape index (κ2) is 5.96. The molecule has 3 aromatic heterocycles. The molecule has 6 heteroatoms. The minimum absolute atomic E-state index is 0.179. The van der Waals surface area contributed by atoms with Crippen LogP contribution in [0.3, 0.4) is 0 Å². The monoisotopic (exact) mass is 280 g/mol. The van der Waals surface area contributed by atoms with E-state index in [2.05, 4.69) is 20.3 Å². The van der Waals surface area contributed by atoms with Crippen LogP contribution in [-0.4, -0.2) is 20.9 Å². The number of nitrogens with zero attached hydrogens (tertiary/aromatic N) is 3. The number of carbonyl (C=O) groups excluding carboxylic acids is 1. The maximum atomic E-state index is 12.0. The summed E-state index contributed by atoms with van der Waals surface area (Å²) in [7, 11) is 0. The minimum Gasteiger partial charge on any atom is -0.472 e. The van der Waals surface area contributed by atoms with Crippen LogP contribution in [0, 0.1) is 0 Å². The lowest BCUT2D eigenvalue weighted by Gasteiger charge is -2.07. The van der Waals surface area contributed by atoms with Crippen molar-refractivity contribution in [3.63, 3.8) is 0 Å². The molecule has 0 aliphatic rings. The van der Waals surface area contributed by atoms with Gasteiger partial charge in [0.25, 0.3) is 5.91 Å². The zero-order chi connectivity index (χ0) is 14.5. The van der Waals surface area contributed by atoms with E-state index < -0.39 is 0 Å². The number of rotatable bonds is 4. The molecule has 1 amide bonds. The Kier molecular flexibility index (Phi) is 3.68. The number of aromatic nitrogens is 3. The Morgan fingerprint density at radius 2 is 1.90 bits per heavy atom. The van der Waals surface area contributed by atoms with Crippen LogP contribution in [-0.2, 0) is 6.54 Å². The Morgan fingerprint density at radius 1 is 1.10 bits per heavy atom. The maximum Gasteiger partial charge on any atom is 0.251 e. The Morgan fingerprint density at radius 3 is 2.67 bits per heavy atom. The third kappa shape index (κ3) is 2.94. The Bertz CT molecular complexity index is 726. The molecule has 0 fully saturated rings. The molecule has 0 aromatic carbocycles. The fraction of sp³-hybridized carbons (Fsp3) is 0.0667. The fourth-order valence-corrected chi connectivity index (χ4v) is 1.91. The number of nitrogens with one attached hydrogen (secondary N) is 1. The highest BCUT2D eigenvalue weighted by Gasteiger charge is 2.11. The van der Waals surface area contributed by atoms with Crippen molar-refractivity contribution in [1.82, 2.24) is 20.3 Å². The highest BCUT2D eigenvalue weighted by atomic mass is 16.3. The number of pyridine rings is 1. The van der Waals surface area contributed by atoms with Crippen LogP contribution in [0.4, 0.5) is 0 Å². The lowest BCUT2D eigenvalue weighted by molar-refractivity contribution is 0.0950. The van der Waals surface area contributed by atoms with Crippen molar-refractivity contribution in [2.45, 2.75) is 6.54 Å². The van der Waals surface area contributed by atoms with Gasteiger partial charge in [0.05, 0.1) is 30.5 Å². The molecule has 0 radical (unpaired) electrons. The van der Waals surface area contributed by atoms with E-state index >= 15 is 0 Å². The minimum atomic E-state index is -0.179. The van der Waals surface area contributed by atoms with E-state index in [-0.39, 0.29) is 12.5 Å². The van der Waals surface area contributed by atoms with E-state index in [1.807, 2.05) is 0 Å². The summed E-state index contributed by atoms with van der Waals surface area (Å²) in [6.07, 6.45) is 9.53. The van der Waals surface area contributed by atoms with Gasteiger partial charge in [-0.3, -0.25) is 19.7 Å². The second-order valence-corrected chi connectivity index (χ2v) is 4.28. The van der Waals surface area contributed by atoms with E-state index in [0.29, 0.717) is 17.0 Å². The van der Waals surface area contributed by atoms with Crippen molar-refractivity contribution < 1.29 is 9.21 Å². The first-order valence-electron chi connectivity index (χ1n) is 6.35. The molecule has 3 rings (SSSR count). The summed E-state index contributed by atoms with van der Waals surface area (Å²) < 4.78 is 5.06. The number of carbonyl (C=O) groups is 1. The fourth-order valence-electron chi connectivity index (χ4n) is 1.91. The molecule has 0 atom stereocenters. The van der Waals surface area contributed by atoms with Crippen molar-refractivity contribution in [3.05, 3.63) is 66.8 Å². The average molecular weight is 280 g/mol. The summed E-state index contributed by atoms with van der Waals surface area (Å²) in [4.78, 5) is 24.4. The van der Waals surface area contributed by atoms with E-state index in [4.69, 9.17) is 4.42 Å². The molecule has 6 nitrogen and oxygen atoms in total. The molecular weight excluding hydrogens is 268 g/mol. The molecule has 0 aliphatic carbocycles. The molecule has 0 spiro atoms. The standard InChI is InChI=1S/C15H12N4O2/c20-15(11-1-4-16-5-2-11)19-9-13-14(18-7-6-17-13)12-3-8-21-10-12/h1-8,10H,9H2,(H,19,20). The normalized spacial score (nSPS) is 10.3. The van der Waals surface area contributed by atoms with Gasteiger partial charge >= 0.3 is 0 Å². The lowest BCUT2D eigenvalue weighted by Crippen LogP contribution is -2.23. The predicted molar refractivity (Wildman–Crippen MR) is 75.1 cm³/mol. The van der Waals surface area contributed by atoms with Crippen LogP contribution in [0.5, 0.6) is 0 Å². The number of amides is 1. The second-order valence-electron chi connectivity index (χ2n) is 4.28. The van der Waals surface area contributed by atoms with Gasteiger partial charge < -0.3 is 9.73 Å². The molecule has 3 heterocycles. The van der Waals surface area contributed by atoms with Crippen LogP contribution in [0.15, 0.2) is 59.9 Å². The molecule has 104 valence electrons. The van der Waals surface area contributed by atoms with Crippen molar-refractivity contribution in [2.24, 2.45) is 0 Å². The Labute approximate surface area is 120 Å². The maximum absolute atomic E-state index is 12.0. The number of hydrogen-bond acceptors (Lipinski definition) is 5. The van der Waals surface area contributed by atoms with E-state index in [1.54, 1.807) is 55.5 Å². The largest absolute Gasteiger partial charge is 0.472 e. The van der Waals surface area contributed by atoms with Gasteiger partial charge in [-0.15, -0.1) is 0 Å². The quantitative estimate of drug-likeness (QED) is 0.791. The van der Waals surface area contributed by atoms with Gasteiger partial charge in [-0.2, -0.15) is 0 Å². The molecule has 0 aliphatic heterocycles. The van der Waals surface area contributed by atoms with Crippen LogP contribution in [0.1, 0.15) is 16.1 Å². The van der Waals surface area contributed by atoms with E-state index in [9.17, 15) is 4.79 Å². The molecular formula is C15H12N4O2. The zero-order valence-corrected chi connectivity index (χ0v) is 11.1. The molecule has 3 aromatic rings. The topological polar surface area (TPSA) is 80.9 Å². The Balaban J connectivity index is 1.76. The van der Waals surface area contributed by atoms with Crippen LogP contribution in [0.25, 0.3) is 11.3 Å². The average Bonchev–Trinajstić information content (AvgIpc) is 3.08. The van der Waals surface area contributed by atoms with E-state index in [1.165, 1.54) is 0 Å². The zero-order valence-electron chi connectivity index (χ0n) is 11.1. The summed E-state index contributed by atoms with van der Waals surface area (Å²) in [5.74, 6) is -0.179. The first-order valence-corrected chi connectivity index (χ1v) is 6.35. The van der Waals surface area contributed by atoms with Crippen molar-refractivity contribution in [2.75, 3.05) is 0 Å². The van der Waals surface area contributed by atoms with Crippen LogP contribution >= 0.6 is 0 Å². The predicted octanol–water partition coefficient (Wildman–Crippen LogP) is 2.06. The van der Waals surface area contributed by atoms with Crippen molar-refractivity contribution in [3.8, 4) is 11.3 Å². The van der Waals surface area contributed by atoms with Crippen molar-refractivity contribution in [1.29, 1.82) is 0 Å². The summed E-state index contributed by atoms with van der Waals surface area (Å²) in [6.45, 7) is 0.287. The number of furan rings is 1. The van der Waals surface area contributed by atoms with Gasteiger partial charge in [-0.1, -0.05) is 0 Å². The van der Waals surface area contributed by atoms with Gasteiger partial charge in [0.1, 0.15) is 0 Å². The highest BCUT2D eigenvalue weighted by Crippen LogP contribution is 2.19. The van der Waals surface area contributed by atoms with Gasteiger partial charge in [-0.05, 0) is 18.2 Å². The number of hydrogen-bond donors (Lipinski definition) is 1. The summed E-state index contributed by atoms with van der Waals surface area (Å²) >= 11 is 0. The smallest absolute Gasteiger partial charge is 0.251 e. The first-order chi connectivity index (χ1) is 10.3. The highest BCUT2D eigenvalue weighted by molar-refractivity contribution is 5.93. The molecule has 0 unspecified atom stereocenters. The molecule has 0 saturated carbocycles. The van der Waals surface area contributed by atoms with Crippen LogP contribution < -0.4 is 5.32 Å². The third-order valence-corrected chi connectivity index (χ3v) is 2.93. The van der Waals surface area contributed by atoms with Gasteiger partial charge in [-0.25, -0.2) is 0 Å². The van der Waals surface area contributed by atoms with Gasteiger partial charge in [0.2, 0.25) is 0 Å². The summed E-state index contributed by atoms with van der Waals surface area (Å²) in [5, 5.41) is 2.82. The van der Waals surface area contributed by atoms with E-state index in [0.717, 1.165) is 5.56 Å². The summed E-state index contributed by atoms with van der Waals surface area (Å²) in [6, 6.07) is 5.12. The van der Waals surface area contributed by atoms with Crippen LogP contribution in [0.2, 0.25) is 0 Å². The Hall–Kier alpha value is -3.02. The SMILES string of the molecule is O=C(NCc1nccnc1-c1ccoc1)c1ccncc1. The molecule has 1 N–H and O–H groups in total. The first kappa shape index (κ1) is 13.0. The summed E-state index contributed by atoms with van der Waals surface area (Å²) in [5.41, 5.74) is 2.76. The lowest BCUT2D eigenvalue weighted by atomic mass is 10.2. The molecule has 0 bridgehead atoms.